The molecule has 1 saturated heterocycles. The summed E-state index contributed by atoms with van der Waals surface area (Å²) in [5, 5.41) is 7.03. The van der Waals surface area contributed by atoms with Crippen LogP contribution in [-0.4, -0.2) is 19.0 Å². The van der Waals surface area contributed by atoms with E-state index >= 15 is 0 Å². The molecule has 0 aromatic heterocycles. The molecule has 2 rings (SSSR count). The Balaban J connectivity index is 1.66. The van der Waals surface area contributed by atoms with E-state index in [1.165, 1.54) is 12.8 Å². The molecule has 1 aromatic rings. The van der Waals surface area contributed by atoms with Gasteiger partial charge in [0.2, 0.25) is 5.91 Å². The lowest BCUT2D eigenvalue weighted by molar-refractivity contribution is -0.121. The molecule has 1 aliphatic rings. The van der Waals surface area contributed by atoms with Crippen molar-refractivity contribution in [2.75, 3.05) is 13.1 Å². The number of hydrogen-bond donors (Lipinski definition) is 2. The first kappa shape index (κ1) is 14.4. The molecule has 2 N–H and O–H groups in total. The summed E-state index contributed by atoms with van der Waals surface area (Å²) in [5.74, 6) is 0.788. The molecule has 0 radical (unpaired) electrons. The van der Waals surface area contributed by atoms with E-state index in [0.717, 1.165) is 25.1 Å². The molecule has 1 fully saturated rings. The lowest BCUT2D eigenvalue weighted by Gasteiger charge is -2.22. The van der Waals surface area contributed by atoms with Crippen LogP contribution in [-0.2, 0) is 11.3 Å². The topological polar surface area (TPSA) is 41.1 Å². The molecule has 1 aromatic carbocycles. The van der Waals surface area contributed by atoms with Crippen LogP contribution in [0, 0.1) is 5.92 Å². The number of carbonyl (C=O) groups excluding carboxylic acids is 1. The van der Waals surface area contributed by atoms with Crippen molar-refractivity contribution in [3.05, 3.63) is 34.9 Å². The average Bonchev–Trinajstić information content (AvgIpc) is 2.44. The summed E-state index contributed by atoms with van der Waals surface area (Å²) in [6, 6.07) is 7.59. The third-order valence-corrected chi connectivity index (χ3v) is 3.79. The maximum atomic E-state index is 11.8. The minimum atomic E-state index is 0.130. The number of amides is 1. The highest BCUT2D eigenvalue weighted by Gasteiger charge is 2.14. The van der Waals surface area contributed by atoms with Crippen LogP contribution >= 0.6 is 11.6 Å². The Morgan fingerprint density at radius 2 is 2.37 bits per heavy atom. The molecule has 0 bridgehead atoms. The Hall–Kier alpha value is -1.06. The van der Waals surface area contributed by atoms with Crippen LogP contribution < -0.4 is 10.6 Å². The zero-order valence-corrected chi connectivity index (χ0v) is 11.9. The van der Waals surface area contributed by atoms with E-state index in [4.69, 9.17) is 11.6 Å². The van der Waals surface area contributed by atoms with Gasteiger partial charge in [0.1, 0.15) is 0 Å². The number of carbonyl (C=O) groups is 1. The second-order valence-corrected chi connectivity index (χ2v) is 5.59. The smallest absolute Gasteiger partial charge is 0.220 e. The van der Waals surface area contributed by atoms with Crippen molar-refractivity contribution in [1.29, 1.82) is 0 Å². The van der Waals surface area contributed by atoms with Crippen molar-refractivity contribution < 1.29 is 4.79 Å². The minimum absolute atomic E-state index is 0.130. The summed E-state index contributed by atoms with van der Waals surface area (Å²) in [4.78, 5) is 11.8. The Morgan fingerprint density at radius 1 is 1.47 bits per heavy atom. The van der Waals surface area contributed by atoms with Gasteiger partial charge in [-0.1, -0.05) is 23.7 Å². The molecule has 1 atom stereocenters. The summed E-state index contributed by atoms with van der Waals surface area (Å²) >= 11 is 5.90. The molecule has 1 aliphatic heterocycles. The van der Waals surface area contributed by atoms with Crippen LogP contribution in [0.15, 0.2) is 24.3 Å². The molecule has 4 heteroatoms. The molecule has 1 amide bonds. The summed E-state index contributed by atoms with van der Waals surface area (Å²) in [7, 11) is 0. The van der Waals surface area contributed by atoms with Crippen molar-refractivity contribution in [1.82, 2.24) is 10.6 Å². The van der Waals surface area contributed by atoms with Gasteiger partial charge in [-0.3, -0.25) is 4.79 Å². The molecule has 0 saturated carbocycles. The van der Waals surface area contributed by atoms with E-state index in [-0.39, 0.29) is 5.91 Å². The van der Waals surface area contributed by atoms with Crippen LogP contribution in [0.1, 0.15) is 31.2 Å². The second kappa shape index (κ2) is 7.51. The number of hydrogen-bond acceptors (Lipinski definition) is 2. The van der Waals surface area contributed by atoms with Gasteiger partial charge in [0.15, 0.2) is 0 Å². The monoisotopic (exact) mass is 280 g/mol. The fourth-order valence-electron chi connectivity index (χ4n) is 2.44. The van der Waals surface area contributed by atoms with Crippen LogP contribution in [0.2, 0.25) is 5.02 Å². The van der Waals surface area contributed by atoms with E-state index in [9.17, 15) is 4.79 Å². The first-order chi connectivity index (χ1) is 9.24. The zero-order chi connectivity index (χ0) is 13.5. The summed E-state index contributed by atoms with van der Waals surface area (Å²) in [5.41, 5.74) is 1.04. The van der Waals surface area contributed by atoms with Gasteiger partial charge in [-0.2, -0.15) is 0 Å². The largest absolute Gasteiger partial charge is 0.352 e. The van der Waals surface area contributed by atoms with Crippen LogP contribution in [0.3, 0.4) is 0 Å². The molecule has 3 nitrogen and oxygen atoms in total. The van der Waals surface area contributed by atoms with E-state index < -0.39 is 0 Å². The molecule has 1 unspecified atom stereocenters. The van der Waals surface area contributed by atoms with Gasteiger partial charge in [0.25, 0.3) is 0 Å². The van der Waals surface area contributed by atoms with Crippen molar-refractivity contribution in [3.63, 3.8) is 0 Å². The van der Waals surface area contributed by atoms with E-state index in [1.807, 2.05) is 24.3 Å². The maximum absolute atomic E-state index is 11.8. The van der Waals surface area contributed by atoms with Crippen molar-refractivity contribution in [2.24, 2.45) is 5.92 Å². The summed E-state index contributed by atoms with van der Waals surface area (Å²) < 4.78 is 0. The van der Waals surface area contributed by atoms with Crippen molar-refractivity contribution >= 4 is 17.5 Å². The van der Waals surface area contributed by atoms with Crippen LogP contribution in [0.5, 0.6) is 0 Å². The molecular formula is C15H21ClN2O. The molecular weight excluding hydrogens is 260 g/mol. The predicted octanol–water partition coefficient (Wildman–Crippen LogP) is 2.74. The van der Waals surface area contributed by atoms with Gasteiger partial charge in [0.05, 0.1) is 0 Å². The first-order valence-corrected chi connectivity index (χ1v) is 7.33. The SMILES string of the molecule is O=C(CCC1CCCNC1)NCc1cccc(Cl)c1. The Morgan fingerprint density at radius 3 is 3.11 bits per heavy atom. The third-order valence-electron chi connectivity index (χ3n) is 3.56. The predicted molar refractivity (Wildman–Crippen MR) is 78.1 cm³/mol. The van der Waals surface area contributed by atoms with Crippen molar-refractivity contribution in [2.45, 2.75) is 32.2 Å². The number of halogens is 1. The van der Waals surface area contributed by atoms with Gasteiger partial charge in [-0.25, -0.2) is 0 Å². The molecule has 19 heavy (non-hydrogen) atoms. The summed E-state index contributed by atoms with van der Waals surface area (Å²) in [6.45, 7) is 2.74. The Labute approximate surface area is 119 Å². The normalized spacial score (nSPS) is 19.1. The molecule has 0 spiro atoms. The highest BCUT2D eigenvalue weighted by molar-refractivity contribution is 6.30. The average molecular weight is 281 g/mol. The number of benzene rings is 1. The second-order valence-electron chi connectivity index (χ2n) is 5.16. The summed E-state index contributed by atoms with van der Waals surface area (Å²) in [6.07, 6.45) is 4.07. The van der Waals surface area contributed by atoms with E-state index in [2.05, 4.69) is 10.6 Å². The van der Waals surface area contributed by atoms with Gasteiger partial charge in [-0.15, -0.1) is 0 Å². The number of piperidine rings is 1. The number of rotatable bonds is 5. The maximum Gasteiger partial charge on any atom is 0.220 e. The van der Waals surface area contributed by atoms with Gasteiger partial charge < -0.3 is 10.6 Å². The van der Waals surface area contributed by atoms with Crippen molar-refractivity contribution in [3.8, 4) is 0 Å². The zero-order valence-electron chi connectivity index (χ0n) is 11.1. The third kappa shape index (κ3) is 5.21. The minimum Gasteiger partial charge on any atom is -0.352 e. The molecule has 0 aliphatic carbocycles. The van der Waals surface area contributed by atoms with Gasteiger partial charge >= 0.3 is 0 Å². The Kier molecular flexibility index (Phi) is 5.67. The number of nitrogens with one attached hydrogen (secondary N) is 2. The van der Waals surface area contributed by atoms with Crippen LogP contribution in [0.25, 0.3) is 0 Å². The first-order valence-electron chi connectivity index (χ1n) is 6.96. The van der Waals surface area contributed by atoms with E-state index in [1.54, 1.807) is 0 Å². The lowest BCUT2D eigenvalue weighted by Crippen LogP contribution is -2.31. The van der Waals surface area contributed by atoms with Gasteiger partial charge in [0, 0.05) is 18.0 Å². The lowest BCUT2D eigenvalue weighted by atomic mass is 9.94. The standard InChI is InChI=1S/C15H21ClN2O/c16-14-5-1-3-13(9-14)11-18-15(19)7-6-12-4-2-8-17-10-12/h1,3,5,9,12,17H,2,4,6-8,10-11H2,(H,18,19). The quantitative estimate of drug-likeness (QED) is 0.871. The molecule has 1 heterocycles. The fourth-order valence-corrected chi connectivity index (χ4v) is 2.65. The van der Waals surface area contributed by atoms with E-state index in [0.29, 0.717) is 23.9 Å². The highest BCUT2D eigenvalue weighted by atomic mass is 35.5. The fraction of sp³-hybridized carbons (Fsp3) is 0.533. The highest BCUT2D eigenvalue weighted by Crippen LogP contribution is 2.15. The molecule has 104 valence electrons. The van der Waals surface area contributed by atoms with Gasteiger partial charge in [-0.05, 0) is 56.0 Å². The Bertz CT molecular complexity index is 416. The van der Waals surface area contributed by atoms with Crippen LogP contribution in [0.4, 0.5) is 0 Å².